The molecule has 0 aliphatic carbocycles. The Kier molecular flexibility index (Phi) is 4.60. The first-order valence-corrected chi connectivity index (χ1v) is 6.77. The van der Waals surface area contributed by atoms with Crippen molar-refractivity contribution in [2.24, 2.45) is 0 Å². The highest BCUT2D eigenvalue weighted by Crippen LogP contribution is 2.21. The summed E-state index contributed by atoms with van der Waals surface area (Å²) in [7, 11) is 2.60. The van der Waals surface area contributed by atoms with Crippen molar-refractivity contribution in [2.45, 2.75) is 20.3 Å². The molecule has 0 fully saturated rings. The third kappa shape index (κ3) is 3.00. The second kappa shape index (κ2) is 6.43. The van der Waals surface area contributed by atoms with E-state index in [0.29, 0.717) is 5.69 Å². The van der Waals surface area contributed by atoms with Crippen LogP contribution in [0.3, 0.4) is 0 Å². The molecule has 0 saturated heterocycles. The van der Waals surface area contributed by atoms with Gasteiger partial charge in [0.05, 0.1) is 38.2 Å². The zero-order chi connectivity index (χ0) is 16.3. The minimum Gasteiger partial charge on any atom is -0.469 e. The van der Waals surface area contributed by atoms with E-state index in [9.17, 15) is 9.59 Å². The SMILES string of the molecule is COC(=O)Cc1c(C(=O)OC)cnn1-c1cc(C)ccc1C. The van der Waals surface area contributed by atoms with Gasteiger partial charge in [0.25, 0.3) is 0 Å². The number of benzene rings is 1. The molecular formula is C16H18N2O4. The highest BCUT2D eigenvalue weighted by atomic mass is 16.5. The quantitative estimate of drug-likeness (QED) is 0.808. The zero-order valence-corrected chi connectivity index (χ0v) is 13.0. The van der Waals surface area contributed by atoms with Crippen molar-refractivity contribution in [3.8, 4) is 5.69 Å². The molecule has 6 heteroatoms. The van der Waals surface area contributed by atoms with E-state index in [-0.39, 0.29) is 12.0 Å². The molecule has 6 nitrogen and oxygen atoms in total. The molecule has 22 heavy (non-hydrogen) atoms. The van der Waals surface area contributed by atoms with Crippen LogP contribution in [0.15, 0.2) is 24.4 Å². The second-order valence-electron chi connectivity index (χ2n) is 4.95. The maximum Gasteiger partial charge on any atom is 0.341 e. The Morgan fingerprint density at radius 1 is 1.18 bits per heavy atom. The number of aryl methyl sites for hydroxylation is 2. The lowest BCUT2D eigenvalue weighted by atomic mass is 10.1. The summed E-state index contributed by atoms with van der Waals surface area (Å²) in [6.45, 7) is 3.91. The van der Waals surface area contributed by atoms with Crippen LogP contribution in [0.5, 0.6) is 0 Å². The van der Waals surface area contributed by atoms with Crippen LogP contribution in [0, 0.1) is 13.8 Å². The van der Waals surface area contributed by atoms with Crippen LogP contribution in [0.4, 0.5) is 0 Å². The number of carbonyl (C=O) groups is 2. The highest BCUT2D eigenvalue weighted by molar-refractivity contribution is 5.92. The highest BCUT2D eigenvalue weighted by Gasteiger charge is 2.22. The fraction of sp³-hybridized carbons (Fsp3) is 0.312. The van der Waals surface area contributed by atoms with Crippen LogP contribution in [0.1, 0.15) is 27.2 Å². The van der Waals surface area contributed by atoms with Crippen molar-refractivity contribution in [3.05, 3.63) is 46.8 Å². The van der Waals surface area contributed by atoms with Gasteiger partial charge in [0.15, 0.2) is 0 Å². The van der Waals surface area contributed by atoms with Gasteiger partial charge in [0, 0.05) is 0 Å². The van der Waals surface area contributed by atoms with Gasteiger partial charge in [0.1, 0.15) is 5.56 Å². The Hall–Kier alpha value is -2.63. The van der Waals surface area contributed by atoms with Crippen LogP contribution in [0.2, 0.25) is 0 Å². The van der Waals surface area contributed by atoms with Crippen molar-refractivity contribution >= 4 is 11.9 Å². The standard InChI is InChI=1S/C16H18N2O4/c1-10-5-6-11(2)13(7-10)18-14(8-15(19)21-3)12(9-17-18)16(20)22-4/h5-7,9H,8H2,1-4H3. The summed E-state index contributed by atoms with van der Waals surface area (Å²) in [6, 6.07) is 5.90. The van der Waals surface area contributed by atoms with Gasteiger partial charge in [-0.05, 0) is 31.0 Å². The average molecular weight is 302 g/mol. The molecule has 0 saturated carbocycles. The molecule has 0 aliphatic heterocycles. The average Bonchev–Trinajstić information content (AvgIpc) is 2.92. The molecule has 2 aromatic rings. The number of hydrogen-bond donors (Lipinski definition) is 0. The molecule has 0 spiro atoms. The molecule has 0 atom stereocenters. The summed E-state index contributed by atoms with van der Waals surface area (Å²) in [6.07, 6.45) is 1.35. The molecule has 1 heterocycles. The smallest absolute Gasteiger partial charge is 0.341 e. The van der Waals surface area contributed by atoms with Crippen LogP contribution < -0.4 is 0 Å². The minimum absolute atomic E-state index is 0.0612. The molecule has 0 bridgehead atoms. The first-order chi connectivity index (χ1) is 10.5. The van der Waals surface area contributed by atoms with E-state index in [1.165, 1.54) is 20.4 Å². The third-order valence-corrected chi connectivity index (χ3v) is 3.41. The van der Waals surface area contributed by atoms with E-state index in [4.69, 9.17) is 9.47 Å². The van der Waals surface area contributed by atoms with Crippen LogP contribution in [-0.4, -0.2) is 35.9 Å². The molecule has 0 unspecified atom stereocenters. The Balaban J connectivity index is 2.60. The fourth-order valence-corrected chi connectivity index (χ4v) is 2.19. The summed E-state index contributed by atoms with van der Waals surface area (Å²) in [4.78, 5) is 23.5. The molecule has 0 aliphatic rings. The van der Waals surface area contributed by atoms with Gasteiger partial charge < -0.3 is 9.47 Å². The zero-order valence-electron chi connectivity index (χ0n) is 13.0. The van der Waals surface area contributed by atoms with E-state index in [1.54, 1.807) is 4.68 Å². The Morgan fingerprint density at radius 3 is 2.55 bits per heavy atom. The normalized spacial score (nSPS) is 10.4. The predicted octanol–water partition coefficient (Wildman–Crippen LogP) is 1.99. The first kappa shape index (κ1) is 15.8. The topological polar surface area (TPSA) is 70.4 Å². The fourth-order valence-electron chi connectivity index (χ4n) is 2.19. The van der Waals surface area contributed by atoms with Crippen molar-refractivity contribution in [3.63, 3.8) is 0 Å². The summed E-state index contributed by atoms with van der Waals surface area (Å²) >= 11 is 0. The van der Waals surface area contributed by atoms with Crippen molar-refractivity contribution in [1.29, 1.82) is 0 Å². The third-order valence-electron chi connectivity index (χ3n) is 3.41. The van der Waals surface area contributed by atoms with Crippen molar-refractivity contribution < 1.29 is 19.1 Å². The Bertz CT molecular complexity index is 719. The van der Waals surface area contributed by atoms with Crippen LogP contribution in [0.25, 0.3) is 5.69 Å². The van der Waals surface area contributed by atoms with Crippen molar-refractivity contribution in [2.75, 3.05) is 14.2 Å². The maximum atomic E-state index is 11.9. The van der Waals surface area contributed by atoms with Crippen molar-refractivity contribution in [1.82, 2.24) is 9.78 Å². The monoisotopic (exact) mass is 302 g/mol. The summed E-state index contributed by atoms with van der Waals surface area (Å²) in [5, 5.41) is 4.25. The Morgan fingerprint density at radius 2 is 1.91 bits per heavy atom. The van der Waals surface area contributed by atoms with Gasteiger partial charge in [-0.15, -0.1) is 0 Å². The van der Waals surface area contributed by atoms with Gasteiger partial charge in [0.2, 0.25) is 0 Å². The van der Waals surface area contributed by atoms with Gasteiger partial charge in [-0.2, -0.15) is 5.10 Å². The van der Waals surface area contributed by atoms with Gasteiger partial charge in [-0.1, -0.05) is 12.1 Å². The molecule has 2 rings (SSSR count). The van der Waals surface area contributed by atoms with Crippen LogP contribution >= 0.6 is 0 Å². The van der Waals surface area contributed by atoms with E-state index in [2.05, 4.69) is 5.10 Å². The molecule has 1 aromatic carbocycles. The number of carbonyl (C=O) groups excluding carboxylic acids is 2. The second-order valence-corrected chi connectivity index (χ2v) is 4.95. The molecule has 0 N–H and O–H groups in total. The maximum absolute atomic E-state index is 11.9. The Labute approximate surface area is 128 Å². The van der Waals surface area contributed by atoms with Gasteiger partial charge in [-0.25, -0.2) is 9.48 Å². The number of ether oxygens (including phenoxy) is 2. The van der Waals surface area contributed by atoms with E-state index in [0.717, 1.165) is 16.8 Å². The molecular weight excluding hydrogens is 284 g/mol. The summed E-state index contributed by atoms with van der Waals surface area (Å²) in [5.74, 6) is -0.979. The number of hydrogen-bond acceptors (Lipinski definition) is 5. The van der Waals surface area contributed by atoms with Gasteiger partial charge >= 0.3 is 11.9 Å². The molecule has 0 radical (unpaired) electrons. The minimum atomic E-state index is -0.532. The first-order valence-electron chi connectivity index (χ1n) is 6.77. The molecule has 116 valence electrons. The number of esters is 2. The number of methoxy groups -OCH3 is 2. The van der Waals surface area contributed by atoms with Gasteiger partial charge in [-0.3, -0.25) is 4.79 Å². The lowest BCUT2D eigenvalue weighted by molar-refractivity contribution is -0.139. The van der Waals surface area contributed by atoms with E-state index < -0.39 is 11.9 Å². The van der Waals surface area contributed by atoms with E-state index >= 15 is 0 Å². The lowest BCUT2D eigenvalue weighted by Crippen LogP contribution is -2.14. The predicted molar refractivity (Wildman–Crippen MR) is 80.1 cm³/mol. The summed E-state index contributed by atoms with van der Waals surface area (Å²) in [5.41, 5.74) is 3.56. The van der Waals surface area contributed by atoms with Crippen LogP contribution in [-0.2, 0) is 20.7 Å². The van der Waals surface area contributed by atoms with E-state index in [1.807, 2.05) is 32.0 Å². The number of aromatic nitrogens is 2. The lowest BCUT2D eigenvalue weighted by Gasteiger charge is -2.11. The molecule has 0 amide bonds. The summed E-state index contributed by atoms with van der Waals surface area (Å²) < 4.78 is 11.0. The molecule has 1 aromatic heterocycles. The number of nitrogens with zero attached hydrogens (tertiary/aromatic N) is 2. The largest absolute Gasteiger partial charge is 0.469 e. The number of rotatable bonds is 4.